The summed E-state index contributed by atoms with van der Waals surface area (Å²) < 4.78 is 21.7. The van der Waals surface area contributed by atoms with Crippen molar-refractivity contribution in [2.75, 3.05) is 4.90 Å². The molecule has 1 aliphatic heterocycles. The molecule has 0 atom stereocenters. The molecule has 3 aromatic heterocycles. The average molecular weight is 587 g/mol. The maximum atomic E-state index is 13.7. The van der Waals surface area contributed by atoms with Crippen molar-refractivity contribution < 1.29 is 13.6 Å². The van der Waals surface area contributed by atoms with Gasteiger partial charge in [-0.25, -0.2) is 4.39 Å². The smallest absolute Gasteiger partial charge is 0.291 e. The molecule has 7 rings (SSSR count). The number of carbonyl (C=O) groups excluding carboxylic acids is 1. The van der Waals surface area contributed by atoms with Crippen molar-refractivity contribution in [1.29, 1.82) is 0 Å². The number of benzene rings is 3. The summed E-state index contributed by atoms with van der Waals surface area (Å²) >= 11 is 4.60. The van der Waals surface area contributed by atoms with Crippen molar-refractivity contribution >= 4 is 60.4 Å². The Labute approximate surface area is 226 Å². The zero-order valence-corrected chi connectivity index (χ0v) is 22.1. The van der Waals surface area contributed by atoms with Gasteiger partial charge in [0.2, 0.25) is 10.8 Å². The van der Waals surface area contributed by atoms with Crippen LogP contribution in [0.2, 0.25) is 0 Å². The molecule has 3 aromatic carbocycles. The molecule has 0 spiro atoms. The van der Waals surface area contributed by atoms with E-state index in [0.717, 1.165) is 37.9 Å². The normalized spacial score (nSPS) is 14.7. The van der Waals surface area contributed by atoms with E-state index in [1.165, 1.54) is 16.6 Å². The Hall–Kier alpha value is -4.15. The number of anilines is 1. The molecule has 1 amide bonds. The predicted octanol–water partition coefficient (Wildman–Crippen LogP) is 5.24. The molecule has 1 aliphatic rings. The first kappa shape index (κ1) is 23.0. The van der Waals surface area contributed by atoms with Gasteiger partial charge in [-0.1, -0.05) is 57.6 Å². The second-order valence-electron chi connectivity index (χ2n) is 8.97. The predicted molar refractivity (Wildman–Crippen MR) is 147 cm³/mol. The molecular weight excluding hydrogens is 571 g/mol. The molecule has 0 saturated carbocycles. The van der Waals surface area contributed by atoms with Crippen LogP contribution in [0.4, 0.5) is 10.1 Å². The SMILES string of the molecule is Cc1c(-c2nc3s/c(=C4\C(=O)N(Cc5ccc(F)cc5)c5ccc(Br)cc54)c(=O)n3n2)oc2ccccc12. The second-order valence-corrected chi connectivity index (χ2v) is 10.9. The first-order chi connectivity index (χ1) is 18.4. The maximum absolute atomic E-state index is 13.7. The van der Waals surface area contributed by atoms with Gasteiger partial charge in [-0.15, -0.1) is 5.10 Å². The molecule has 38 heavy (non-hydrogen) atoms. The molecule has 6 aromatic rings. The number of fused-ring (bicyclic) bond motifs is 3. The number of furan rings is 1. The van der Waals surface area contributed by atoms with Gasteiger partial charge in [0.15, 0.2) is 5.76 Å². The number of carbonyl (C=O) groups is 1. The summed E-state index contributed by atoms with van der Waals surface area (Å²) in [6.45, 7) is 2.17. The van der Waals surface area contributed by atoms with Crippen LogP contribution in [0.25, 0.3) is 33.1 Å². The summed E-state index contributed by atoms with van der Waals surface area (Å²) in [5.41, 5.74) is 3.57. The van der Waals surface area contributed by atoms with Gasteiger partial charge in [-0.3, -0.25) is 9.59 Å². The summed E-state index contributed by atoms with van der Waals surface area (Å²) in [6, 6.07) is 19.2. The van der Waals surface area contributed by atoms with Crippen LogP contribution in [-0.4, -0.2) is 20.5 Å². The number of hydrogen-bond acceptors (Lipinski definition) is 6. The van der Waals surface area contributed by atoms with E-state index in [4.69, 9.17) is 4.42 Å². The maximum Gasteiger partial charge on any atom is 0.291 e. The second kappa shape index (κ2) is 8.44. The summed E-state index contributed by atoms with van der Waals surface area (Å²) in [6.07, 6.45) is 0. The molecular formula is C28H16BrFN4O3S. The molecule has 0 saturated heterocycles. The lowest BCUT2D eigenvalue weighted by atomic mass is 10.1. The Morgan fingerprint density at radius 3 is 2.61 bits per heavy atom. The average Bonchev–Trinajstić information content (AvgIpc) is 3.62. The highest BCUT2D eigenvalue weighted by molar-refractivity contribution is 9.10. The van der Waals surface area contributed by atoms with E-state index in [2.05, 4.69) is 26.0 Å². The molecule has 0 unspecified atom stereocenters. The zero-order valence-electron chi connectivity index (χ0n) is 19.7. The lowest BCUT2D eigenvalue weighted by Crippen LogP contribution is -2.32. The molecule has 0 aliphatic carbocycles. The third kappa shape index (κ3) is 3.44. The highest BCUT2D eigenvalue weighted by Crippen LogP contribution is 2.38. The quantitative estimate of drug-likeness (QED) is 0.283. The van der Waals surface area contributed by atoms with Gasteiger partial charge in [0, 0.05) is 21.0 Å². The van der Waals surface area contributed by atoms with Crippen molar-refractivity contribution in [1.82, 2.24) is 14.6 Å². The number of halogens is 2. The molecule has 0 radical (unpaired) electrons. The van der Waals surface area contributed by atoms with Gasteiger partial charge in [0.25, 0.3) is 11.5 Å². The van der Waals surface area contributed by atoms with Crippen LogP contribution in [-0.2, 0) is 11.3 Å². The molecule has 186 valence electrons. The molecule has 7 nitrogen and oxygen atoms in total. The first-order valence-corrected chi connectivity index (χ1v) is 13.3. The molecule has 4 heterocycles. The summed E-state index contributed by atoms with van der Waals surface area (Å²) in [5, 5.41) is 5.41. The van der Waals surface area contributed by atoms with Crippen molar-refractivity contribution in [3.05, 3.63) is 109 Å². The fourth-order valence-electron chi connectivity index (χ4n) is 4.82. The van der Waals surface area contributed by atoms with Gasteiger partial charge in [-0.05, 0) is 48.9 Å². The van der Waals surface area contributed by atoms with E-state index >= 15 is 0 Å². The van der Waals surface area contributed by atoms with Crippen molar-refractivity contribution in [3.8, 4) is 11.6 Å². The Balaban J connectivity index is 1.38. The van der Waals surface area contributed by atoms with E-state index in [1.54, 1.807) is 17.0 Å². The topological polar surface area (TPSA) is 80.7 Å². The van der Waals surface area contributed by atoms with Gasteiger partial charge in [0.1, 0.15) is 15.9 Å². The molecule has 0 bridgehead atoms. The van der Waals surface area contributed by atoms with Crippen LogP contribution in [0, 0.1) is 12.7 Å². The van der Waals surface area contributed by atoms with Crippen molar-refractivity contribution in [2.24, 2.45) is 0 Å². The van der Waals surface area contributed by atoms with E-state index in [9.17, 15) is 14.0 Å². The zero-order chi connectivity index (χ0) is 26.1. The van der Waals surface area contributed by atoms with Gasteiger partial charge in [0.05, 0.1) is 17.8 Å². The van der Waals surface area contributed by atoms with Crippen LogP contribution in [0.15, 0.2) is 80.4 Å². The van der Waals surface area contributed by atoms with Crippen LogP contribution in [0.5, 0.6) is 0 Å². The van der Waals surface area contributed by atoms with Crippen LogP contribution < -0.4 is 15.0 Å². The minimum atomic E-state index is -0.421. The number of aryl methyl sites for hydroxylation is 1. The van der Waals surface area contributed by atoms with E-state index < -0.39 is 5.56 Å². The number of aromatic nitrogens is 3. The highest BCUT2D eigenvalue weighted by Gasteiger charge is 2.35. The first-order valence-electron chi connectivity index (χ1n) is 11.7. The van der Waals surface area contributed by atoms with Gasteiger partial charge < -0.3 is 9.32 Å². The number of para-hydroxylation sites is 1. The van der Waals surface area contributed by atoms with Gasteiger partial charge in [-0.2, -0.15) is 9.50 Å². The Bertz CT molecular complexity index is 2040. The standard InChI is InChI=1S/C28H16BrFN4O3S/c1-14-18-4-2-3-5-21(18)37-23(14)25-31-28-34(32-25)27(36)24(38-28)22-19-12-16(29)8-11-20(19)33(26(22)35)13-15-6-9-17(30)10-7-15/h2-12H,13H2,1H3/b24-22-. The van der Waals surface area contributed by atoms with Crippen molar-refractivity contribution in [3.63, 3.8) is 0 Å². The molecule has 0 fully saturated rings. The number of amides is 1. The van der Waals surface area contributed by atoms with Crippen LogP contribution in [0.3, 0.4) is 0 Å². The fourth-order valence-corrected chi connectivity index (χ4v) is 6.18. The number of nitrogens with zero attached hydrogens (tertiary/aromatic N) is 4. The van der Waals surface area contributed by atoms with Crippen LogP contribution >= 0.6 is 27.3 Å². The van der Waals surface area contributed by atoms with Gasteiger partial charge >= 0.3 is 0 Å². The Morgan fingerprint density at radius 2 is 1.84 bits per heavy atom. The molecule has 0 N–H and O–H groups in total. The van der Waals surface area contributed by atoms with Crippen molar-refractivity contribution in [2.45, 2.75) is 13.5 Å². The number of rotatable bonds is 3. The fraction of sp³-hybridized carbons (Fsp3) is 0.0714. The largest absolute Gasteiger partial charge is 0.452 e. The highest BCUT2D eigenvalue weighted by atomic mass is 79.9. The molecule has 10 heteroatoms. The van der Waals surface area contributed by atoms with E-state index in [1.807, 2.05) is 49.4 Å². The van der Waals surface area contributed by atoms with E-state index in [0.29, 0.717) is 33.4 Å². The van der Waals surface area contributed by atoms with E-state index in [-0.39, 0.29) is 22.8 Å². The Morgan fingerprint density at radius 1 is 1.05 bits per heavy atom. The lowest BCUT2D eigenvalue weighted by molar-refractivity contribution is -0.113. The number of thiazole rings is 1. The monoisotopic (exact) mass is 586 g/mol. The third-order valence-corrected chi connectivity index (χ3v) is 8.19. The third-order valence-electron chi connectivity index (χ3n) is 6.66. The lowest BCUT2D eigenvalue weighted by Gasteiger charge is -2.17. The Kier molecular flexibility index (Phi) is 5.11. The van der Waals surface area contributed by atoms with Crippen LogP contribution in [0.1, 0.15) is 16.7 Å². The minimum absolute atomic E-state index is 0.238. The number of hydrogen-bond donors (Lipinski definition) is 0. The summed E-state index contributed by atoms with van der Waals surface area (Å²) in [4.78, 5) is 33.8. The summed E-state index contributed by atoms with van der Waals surface area (Å²) in [5.74, 6) is 0.169. The minimum Gasteiger partial charge on any atom is -0.452 e. The summed E-state index contributed by atoms with van der Waals surface area (Å²) in [7, 11) is 0.